The topological polar surface area (TPSA) is 50.1 Å². The Balaban J connectivity index is 3.16. The van der Waals surface area contributed by atoms with E-state index in [1.165, 1.54) is 19.2 Å². The Bertz CT molecular complexity index is 438. The number of hydrogen-bond acceptors (Lipinski definition) is 3. The summed E-state index contributed by atoms with van der Waals surface area (Å²) in [5.41, 5.74) is 0.730. The van der Waals surface area contributed by atoms with Gasteiger partial charge in [-0.3, -0.25) is 4.79 Å². The average molecular weight is 244 g/mol. The van der Waals surface area contributed by atoms with Crippen molar-refractivity contribution in [1.29, 1.82) is 5.26 Å². The lowest BCUT2D eigenvalue weighted by molar-refractivity contribution is -0.139. The van der Waals surface area contributed by atoms with Gasteiger partial charge in [-0.25, -0.2) is 0 Å². The zero-order chi connectivity index (χ0) is 11.4. The summed E-state index contributed by atoms with van der Waals surface area (Å²) < 4.78 is 4.50. The highest BCUT2D eigenvalue weighted by molar-refractivity contribution is 6.35. The lowest BCUT2D eigenvalue weighted by atomic mass is 10.1. The second-order valence-corrected chi connectivity index (χ2v) is 3.63. The summed E-state index contributed by atoms with van der Waals surface area (Å²) in [6.45, 7) is 0. The molecule has 0 saturated carbocycles. The number of esters is 1. The lowest BCUT2D eigenvalue weighted by Crippen LogP contribution is -2.06. The Labute approximate surface area is 97.2 Å². The Morgan fingerprint density at radius 3 is 2.73 bits per heavy atom. The fraction of sp³-hybridized carbons (Fsp3) is 0.200. The number of carbonyl (C=O) groups is 1. The Morgan fingerprint density at radius 2 is 2.20 bits per heavy atom. The van der Waals surface area contributed by atoms with Crippen molar-refractivity contribution in [3.8, 4) is 6.07 Å². The van der Waals surface area contributed by atoms with Gasteiger partial charge in [-0.15, -0.1) is 0 Å². The largest absolute Gasteiger partial charge is 0.469 e. The first kappa shape index (κ1) is 11.8. The number of carbonyl (C=O) groups excluding carboxylic acids is 1. The van der Waals surface area contributed by atoms with Gasteiger partial charge in [0.25, 0.3) is 0 Å². The number of nitrogens with zero attached hydrogens (tertiary/aromatic N) is 1. The molecule has 3 nitrogen and oxygen atoms in total. The number of halogens is 2. The number of ether oxygens (including phenoxy) is 1. The van der Waals surface area contributed by atoms with Gasteiger partial charge in [0.05, 0.1) is 24.1 Å². The maximum Gasteiger partial charge on any atom is 0.310 e. The molecule has 15 heavy (non-hydrogen) atoms. The van der Waals surface area contributed by atoms with Crippen molar-refractivity contribution in [3.63, 3.8) is 0 Å². The SMILES string of the molecule is COC(=O)Cc1cc(Cl)cc(Cl)c1C#N. The molecule has 5 heteroatoms. The first-order valence-corrected chi connectivity index (χ1v) is 4.79. The molecule has 1 aromatic rings. The third kappa shape index (κ3) is 2.85. The molecule has 0 N–H and O–H groups in total. The van der Waals surface area contributed by atoms with Crippen LogP contribution in [0.4, 0.5) is 0 Å². The molecule has 0 amide bonds. The molecule has 0 aromatic heterocycles. The van der Waals surface area contributed by atoms with Gasteiger partial charge in [-0.1, -0.05) is 23.2 Å². The van der Waals surface area contributed by atoms with Gasteiger partial charge in [0, 0.05) is 5.02 Å². The van der Waals surface area contributed by atoms with Crippen molar-refractivity contribution < 1.29 is 9.53 Å². The van der Waals surface area contributed by atoms with Crippen LogP contribution < -0.4 is 0 Å². The van der Waals surface area contributed by atoms with E-state index in [2.05, 4.69) is 4.74 Å². The minimum absolute atomic E-state index is 0.0142. The summed E-state index contributed by atoms with van der Waals surface area (Å²) in [7, 11) is 1.28. The zero-order valence-corrected chi connectivity index (χ0v) is 9.39. The second kappa shape index (κ2) is 5.01. The molecule has 1 aromatic carbocycles. The van der Waals surface area contributed by atoms with E-state index < -0.39 is 5.97 Å². The Kier molecular flexibility index (Phi) is 3.96. The number of benzene rings is 1. The first-order valence-electron chi connectivity index (χ1n) is 4.03. The smallest absolute Gasteiger partial charge is 0.310 e. The van der Waals surface area contributed by atoms with Crippen LogP contribution in [0.2, 0.25) is 10.0 Å². The minimum atomic E-state index is -0.440. The van der Waals surface area contributed by atoms with Gasteiger partial charge in [-0.05, 0) is 17.7 Å². The van der Waals surface area contributed by atoms with Gasteiger partial charge in [0.2, 0.25) is 0 Å². The molecule has 78 valence electrons. The summed E-state index contributed by atoms with van der Waals surface area (Å²) >= 11 is 11.6. The average Bonchev–Trinajstić information content (AvgIpc) is 2.17. The van der Waals surface area contributed by atoms with E-state index >= 15 is 0 Å². The van der Waals surface area contributed by atoms with Gasteiger partial charge >= 0.3 is 5.97 Å². The van der Waals surface area contributed by atoms with Gasteiger partial charge in [-0.2, -0.15) is 5.26 Å². The van der Waals surface area contributed by atoms with E-state index in [4.69, 9.17) is 28.5 Å². The third-order valence-electron chi connectivity index (χ3n) is 1.81. The van der Waals surface area contributed by atoms with Crippen LogP contribution in [-0.2, 0) is 16.0 Å². The molecule has 0 fully saturated rings. The fourth-order valence-corrected chi connectivity index (χ4v) is 1.70. The van der Waals surface area contributed by atoms with Crippen LogP contribution in [0.5, 0.6) is 0 Å². The lowest BCUT2D eigenvalue weighted by Gasteiger charge is -2.05. The van der Waals surface area contributed by atoms with Gasteiger partial charge in [0.1, 0.15) is 6.07 Å². The number of nitriles is 1. The molecule has 0 heterocycles. The summed E-state index contributed by atoms with van der Waals surface area (Å²) in [6.07, 6.45) is -0.0142. The van der Waals surface area contributed by atoms with Gasteiger partial charge < -0.3 is 4.74 Å². The first-order chi connectivity index (χ1) is 7.08. The zero-order valence-electron chi connectivity index (χ0n) is 7.88. The van der Waals surface area contributed by atoms with Crippen molar-refractivity contribution in [3.05, 3.63) is 33.3 Å². The number of methoxy groups -OCH3 is 1. The number of rotatable bonds is 2. The Hall–Kier alpha value is -1.24. The van der Waals surface area contributed by atoms with Crippen molar-refractivity contribution in [2.24, 2.45) is 0 Å². The molecular weight excluding hydrogens is 237 g/mol. The summed E-state index contributed by atoms with van der Waals surface area (Å²) in [5.74, 6) is -0.440. The summed E-state index contributed by atoms with van der Waals surface area (Å²) in [5, 5.41) is 9.47. The molecule has 0 radical (unpaired) electrons. The molecule has 0 saturated heterocycles. The van der Waals surface area contributed by atoms with Crippen LogP contribution in [0.3, 0.4) is 0 Å². The van der Waals surface area contributed by atoms with Crippen LogP contribution in [0, 0.1) is 11.3 Å². The highest BCUT2D eigenvalue weighted by Gasteiger charge is 2.12. The number of hydrogen-bond donors (Lipinski definition) is 0. The molecule has 0 unspecified atom stereocenters. The molecule has 0 aliphatic carbocycles. The molecule has 0 bridgehead atoms. The highest BCUT2D eigenvalue weighted by Crippen LogP contribution is 2.25. The van der Waals surface area contributed by atoms with E-state index in [1.807, 2.05) is 6.07 Å². The molecule has 0 spiro atoms. The molecule has 0 aliphatic heterocycles. The van der Waals surface area contributed by atoms with E-state index in [1.54, 1.807) is 0 Å². The van der Waals surface area contributed by atoms with Crippen molar-refractivity contribution in [2.75, 3.05) is 7.11 Å². The van der Waals surface area contributed by atoms with E-state index in [0.717, 1.165) is 0 Å². The maximum absolute atomic E-state index is 11.1. The summed E-state index contributed by atoms with van der Waals surface area (Å²) in [6, 6.07) is 4.91. The van der Waals surface area contributed by atoms with E-state index in [-0.39, 0.29) is 17.0 Å². The van der Waals surface area contributed by atoms with Crippen LogP contribution >= 0.6 is 23.2 Å². The molecule has 0 aliphatic rings. The van der Waals surface area contributed by atoms with E-state index in [0.29, 0.717) is 10.6 Å². The normalized spacial score (nSPS) is 9.47. The van der Waals surface area contributed by atoms with Crippen molar-refractivity contribution in [2.45, 2.75) is 6.42 Å². The Morgan fingerprint density at radius 1 is 1.53 bits per heavy atom. The van der Waals surface area contributed by atoms with Crippen LogP contribution in [0.1, 0.15) is 11.1 Å². The summed E-state index contributed by atoms with van der Waals surface area (Å²) in [4.78, 5) is 11.1. The standard InChI is InChI=1S/C10H7Cl2NO2/c1-15-10(14)3-6-2-7(11)4-9(12)8(6)5-13/h2,4H,3H2,1H3. The molecule has 1 rings (SSSR count). The van der Waals surface area contributed by atoms with Crippen molar-refractivity contribution in [1.82, 2.24) is 0 Å². The predicted molar refractivity (Wildman–Crippen MR) is 56.9 cm³/mol. The quantitative estimate of drug-likeness (QED) is 0.751. The molecular formula is C10H7Cl2NO2. The van der Waals surface area contributed by atoms with Gasteiger partial charge in [0.15, 0.2) is 0 Å². The monoisotopic (exact) mass is 243 g/mol. The highest BCUT2D eigenvalue weighted by atomic mass is 35.5. The maximum atomic E-state index is 11.1. The minimum Gasteiger partial charge on any atom is -0.469 e. The van der Waals surface area contributed by atoms with Crippen LogP contribution in [-0.4, -0.2) is 13.1 Å². The van der Waals surface area contributed by atoms with Crippen LogP contribution in [0.25, 0.3) is 0 Å². The second-order valence-electron chi connectivity index (χ2n) is 2.79. The third-order valence-corrected chi connectivity index (χ3v) is 2.33. The van der Waals surface area contributed by atoms with Crippen LogP contribution in [0.15, 0.2) is 12.1 Å². The van der Waals surface area contributed by atoms with Crippen molar-refractivity contribution >= 4 is 29.2 Å². The predicted octanol–water partition coefficient (Wildman–Crippen LogP) is 2.58. The fourth-order valence-electron chi connectivity index (χ4n) is 1.12. The van der Waals surface area contributed by atoms with E-state index in [9.17, 15) is 4.79 Å². The molecule has 0 atom stereocenters.